The lowest BCUT2D eigenvalue weighted by molar-refractivity contribution is 0.349. The second-order valence-corrected chi connectivity index (χ2v) is 3.10. The van der Waals surface area contributed by atoms with Crippen molar-refractivity contribution in [2.75, 3.05) is 14.2 Å². The van der Waals surface area contributed by atoms with E-state index in [4.69, 9.17) is 4.74 Å². The van der Waals surface area contributed by atoms with Gasteiger partial charge in [0.25, 0.3) is 0 Å². The Hall–Kier alpha value is -1.42. The first-order valence-electron chi connectivity index (χ1n) is 4.37. The van der Waals surface area contributed by atoms with Crippen molar-refractivity contribution in [3.8, 4) is 17.2 Å². The Morgan fingerprint density at radius 3 is 2.50 bits per heavy atom. The smallest absolute Gasteiger partial charge is 0.200 e. The number of aromatic hydroxyl groups is 2. The lowest BCUT2D eigenvalue weighted by Crippen LogP contribution is -2.12. The summed E-state index contributed by atoms with van der Waals surface area (Å²) in [5, 5.41) is 21.8. The molecule has 0 aliphatic rings. The number of nitrogens with one attached hydrogen (secondary N) is 1. The number of benzene rings is 1. The Labute approximate surface area is 83.1 Å². The summed E-state index contributed by atoms with van der Waals surface area (Å²) in [5.41, 5.74) is 0.861. The maximum atomic E-state index is 9.40. The van der Waals surface area contributed by atoms with Crippen LogP contribution in [0.2, 0.25) is 0 Å². The Morgan fingerprint density at radius 2 is 2.00 bits per heavy atom. The van der Waals surface area contributed by atoms with E-state index in [0.29, 0.717) is 0 Å². The van der Waals surface area contributed by atoms with Crippen LogP contribution in [0.25, 0.3) is 0 Å². The molecule has 14 heavy (non-hydrogen) atoms. The number of methoxy groups -OCH3 is 1. The van der Waals surface area contributed by atoms with Gasteiger partial charge in [-0.05, 0) is 31.7 Å². The first-order chi connectivity index (χ1) is 6.60. The topological polar surface area (TPSA) is 61.7 Å². The maximum Gasteiger partial charge on any atom is 0.200 e. The van der Waals surface area contributed by atoms with Crippen LogP contribution in [0.4, 0.5) is 0 Å². The Bertz CT molecular complexity index is 325. The maximum absolute atomic E-state index is 9.40. The molecule has 4 nitrogen and oxygen atoms in total. The first-order valence-corrected chi connectivity index (χ1v) is 4.37. The average molecular weight is 197 g/mol. The van der Waals surface area contributed by atoms with Gasteiger partial charge in [-0.25, -0.2) is 0 Å². The molecule has 0 radical (unpaired) electrons. The summed E-state index contributed by atoms with van der Waals surface area (Å²) in [5.74, 6) is -0.108. The fourth-order valence-electron chi connectivity index (χ4n) is 1.19. The number of hydrogen-bond acceptors (Lipinski definition) is 4. The molecular weight excluding hydrogens is 182 g/mol. The van der Waals surface area contributed by atoms with E-state index in [1.807, 2.05) is 14.0 Å². The van der Waals surface area contributed by atoms with Crippen LogP contribution in [0.3, 0.4) is 0 Å². The molecule has 3 N–H and O–H groups in total. The van der Waals surface area contributed by atoms with Crippen molar-refractivity contribution in [2.24, 2.45) is 0 Å². The van der Waals surface area contributed by atoms with Gasteiger partial charge in [0.05, 0.1) is 7.11 Å². The third-order valence-electron chi connectivity index (χ3n) is 2.23. The van der Waals surface area contributed by atoms with Crippen LogP contribution in [-0.2, 0) is 0 Å². The van der Waals surface area contributed by atoms with Crippen molar-refractivity contribution in [1.29, 1.82) is 0 Å². The summed E-state index contributed by atoms with van der Waals surface area (Å²) in [7, 11) is 3.27. The second kappa shape index (κ2) is 4.19. The van der Waals surface area contributed by atoms with Gasteiger partial charge < -0.3 is 20.3 Å². The molecule has 0 fully saturated rings. The predicted octanol–water partition coefficient (Wildman–Crippen LogP) is 1.39. The van der Waals surface area contributed by atoms with Gasteiger partial charge in [0.15, 0.2) is 11.5 Å². The van der Waals surface area contributed by atoms with Crippen molar-refractivity contribution in [3.63, 3.8) is 0 Å². The fourth-order valence-corrected chi connectivity index (χ4v) is 1.19. The van der Waals surface area contributed by atoms with Crippen LogP contribution in [0.1, 0.15) is 18.5 Å². The molecule has 0 saturated heterocycles. The molecule has 1 rings (SSSR count). The molecular formula is C10H15NO3. The van der Waals surface area contributed by atoms with Crippen LogP contribution in [0.15, 0.2) is 12.1 Å². The van der Waals surface area contributed by atoms with E-state index in [-0.39, 0.29) is 23.3 Å². The summed E-state index contributed by atoms with van der Waals surface area (Å²) in [4.78, 5) is 0. The minimum absolute atomic E-state index is 0.0930. The zero-order valence-corrected chi connectivity index (χ0v) is 8.53. The highest BCUT2D eigenvalue weighted by molar-refractivity contribution is 5.52. The molecule has 1 atom stereocenters. The summed E-state index contributed by atoms with van der Waals surface area (Å²) in [6.45, 7) is 1.95. The highest BCUT2D eigenvalue weighted by Crippen LogP contribution is 2.37. The average Bonchev–Trinajstić information content (AvgIpc) is 2.20. The molecule has 0 aliphatic heterocycles. The molecule has 0 heterocycles. The van der Waals surface area contributed by atoms with Crippen LogP contribution in [0.5, 0.6) is 17.2 Å². The number of phenolic OH excluding ortho intramolecular Hbond substituents is 2. The Kier molecular flexibility index (Phi) is 3.19. The van der Waals surface area contributed by atoms with Crippen LogP contribution >= 0.6 is 0 Å². The molecule has 0 bridgehead atoms. The van der Waals surface area contributed by atoms with E-state index in [0.717, 1.165) is 5.56 Å². The van der Waals surface area contributed by atoms with Gasteiger partial charge in [0.2, 0.25) is 5.75 Å². The van der Waals surface area contributed by atoms with Crippen LogP contribution < -0.4 is 10.1 Å². The number of phenols is 2. The molecule has 78 valence electrons. The number of hydrogen-bond donors (Lipinski definition) is 3. The van der Waals surface area contributed by atoms with Gasteiger partial charge in [-0.3, -0.25) is 0 Å². The molecule has 1 aromatic rings. The third-order valence-corrected chi connectivity index (χ3v) is 2.23. The first kappa shape index (κ1) is 10.7. The SMILES string of the molecule is CN[C@H](C)c1cc(O)c(O)c(OC)c1. The van der Waals surface area contributed by atoms with Crippen molar-refractivity contribution < 1.29 is 14.9 Å². The summed E-state index contributed by atoms with van der Waals surface area (Å²) in [6, 6.07) is 3.30. The van der Waals surface area contributed by atoms with Gasteiger partial charge in [-0.15, -0.1) is 0 Å². The van der Waals surface area contributed by atoms with Gasteiger partial charge in [-0.1, -0.05) is 0 Å². The summed E-state index contributed by atoms with van der Waals surface area (Å²) in [6.07, 6.45) is 0. The highest BCUT2D eigenvalue weighted by atomic mass is 16.5. The van der Waals surface area contributed by atoms with Crippen LogP contribution in [-0.4, -0.2) is 24.4 Å². The van der Waals surface area contributed by atoms with Crippen LogP contribution in [0, 0.1) is 0 Å². The Morgan fingerprint density at radius 1 is 1.36 bits per heavy atom. The van der Waals surface area contributed by atoms with Crippen molar-refractivity contribution in [1.82, 2.24) is 5.32 Å². The molecule has 0 unspecified atom stereocenters. The predicted molar refractivity (Wildman–Crippen MR) is 53.8 cm³/mol. The molecule has 0 aromatic heterocycles. The van der Waals surface area contributed by atoms with E-state index in [2.05, 4.69) is 5.32 Å². The second-order valence-electron chi connectivity index (χ2n) is 3.10. The lowest BCUT2D eigenvalue weighted by atomic mass is 10.1. The third kappa shape index (κ3) is 1.90. The standard InChI is InChI=1S/C10H15NO3/c1-6(11-2)7-4-8(12)10(13)9(5-7)14-3/h4-6,11-13H,1-3H3/t6-/m1/s1. The molecule has 0 amide bonds. The van der Waals surface area contributed by atoms with Crippen molar-refractivity contribution in [2.45, 2.75) is 13.0 Å². The highest BCUT2D eigenvalue weighted by Gasteiger charge is 2.12. The number of ether oxygens (including phenoxy) is 1. The number of rotatable bonds is 3. The van der Waals surface area contributed by atoms with E-state index < -0.39 is 0 Å². The molecule has 1 aromatic carbocycles. The molecule has 0 aliphatic carbocycles. The minimum Gasteiger partial charge on any atom is -0.504 e. The zero-order chi connectivity index (χ0) is 10.7. The van der Waals surface area contributed by atoms with E-state index in [1.165, 1.54) is 13.2 Å². The van der Waals surface area contributed by atoms with Crippen molar-refractivity contribution >= 4 is 0 Å². The summed E-state index contributed by atoms with van der Waals surface area (Å²) < 4.78 is 4.92. The normalized spacial score (nSPS) is 12.5. The monoisotopic (exact) mass is 197 g/mol. The van der Waals surface area contributed by atoms with Gasteiger partial charge in [0.1, 0.15) is 0 Å². The molecule has 0 spiro atoms. The van der Waals surface area contributed by atoms with Gasteiger partial charge in [-0.2, -0.15) is 0 Å². The van der Waals surface area contributed by atoms with E-state index in [9.17, 15) is 10.2 Å². The molecule has 0 saturated carbocycles. The van der Waals surface area contributed by atoms with Gasteiger partial charge in [0, 0.05) is 6.04 Å². The Balaban J connectivity index is 3.16. The van der Waals surface area contributed by atoms with Crippen molar-refractivity contribution in [3.05, 3.63) is 17.7 Å². The zero-order valence-electron chi connectivity index (χ0n) is 8.53. The largest absolute Gasteiger partial charge is 0.504 e. The minimum atomic E-state index is -0.223. The van der Waals surface area contributed by atoms with Gasteiger partial charge >= 0.3 is 0 Å². The quantitative estimate of drug-likeness (QED) is 0.641. The fraction of sp³-hybridized carbons (Fsp3) is 0.400. The van der Waals surface area contributed by atoms with E-state index >= 15 is 0 Å². The van der Waals surface area contributed by atoms with E-state index in [1.54, 1.807) is 6.07 Å². The lowest BCUT2D eigenvalue weighted by Gasteiger charge is -2.13. The summed E-state index contributed by atoms with van der Waals surface area (Å²) >= 11 is 0. The molecule has 4 heteroatoms.